The van der Waals surface area contributed by atoms with Crippen LogP contribution in [0.1, 0.15) is 23.7 Å². The summed E-state index contributed by atoms with van der Waals surface area (Å²) in [4.78, 5) is 33.5. The smallest absolute Gasteiger partial charge is 0.353 e. The van der Waals surface area contributed by atoms with Gasteiger partial charge in [-0.05, 0) is 38.1 Å². The van der Waals surface area contributed by atoms with Crippen molar-refractivity contribution >= 4 is 29.0 Å². The van der Waals surface area contributed by atoms with Gasteiger partial charge in [0.25, 0.3) is 0 Å². The first kappa shape index (κ1) is 22.4. The minimum absolute atomic E-state index is 0.0386. The summed E-state index contributed by atoms with van der Waals surface area (Å²) in [5.41, 5.74) is 0.561. The molecule has 1 fully saturated rings. The average Bonchev–Trinajstić information content (AvgIpc) is 2.78. The van der Waals surface area contributed by atoms with Crippen molar-refractivity contribution in [1.29, 1.82) is 0 Å². The first-order valence-electron chi connectivity index (χ1n) is 10.2. The molecule has 11 nitrogen and oxygen atoms in total. The van der Waals surface area contributed by atoms with E-state index in [4.69, 9.17) is 9.47 Å². The fraction of sp³-hybridized carbons (Fsp3) is 0.450. The van der Waals surface area contributed by atoms with Crippen LogP contribution >= 0.6 is 0 Å². The maximum absolute atomic E-state index is 11.9. The molecular weight excluding hydrogens is 404 g/mol. The minimum atomic E-state index is -0.526. The summed E-state index contributed by atoms with van der Waals surface area (Å²) in [7, 11) is 0. The van der Waals surface area contributed by atoms with Crippen molar-refractivity contribution in [3.05, 3.63) is 46.3 Å². The number of aromatic nitrogens is 2. The van der Waals surface area contributed by atoms with Gasteiger partial charge < -0.3 is 20.1 Å². The second-order valence-electron chi connectivity index (χ2n) is 6.84. The molecule has 0 bridgehead atoms. The molecule has 11 heteroatoms. The quantitative estimate of drug-likeness (QED) is 0.251. The summed E-state index contributed by atoms with van der Waals surface area (Å²) < 4.78 is 10.3. The van der Waals surface area contributed by atoms with Crippen LogP contribution in [0.15, 0.2) is 30.6 Å². The minimum Gasteiger partial charge on any atom is -0.462 e. The van der Waals surface area contributed by atoms with Crippen LogP contribution in [-0.4, -0.2) is 71.8 Å². The molecule has 2 heterocycles. The number of hydrogen-bond acceptors (Lipinski definition) is 10. The normalized spacial score (nSPS) is 14.1. The molecule has 0 atom stereocenters. The Bertz CT molecular complexity index is 903. The van der Waals surface area contributed by atoms with Crippen LogP contribution in [0, 0.1) is 10.1 Å². The van der Waals surface area contributed by atoms with Crippen LogP contribution in [0.4, 0.5) is 23.0 Å². The van der Waals surface area contributed by atoms with Gasteiger partial charge in [0.15, 0.2) is 0 Å². The van der Waals surface area contributed by atoms with Crippen LogP contribution in [0.2, 0.25) is 0 Å². The summed E-state index contributed by atoms with van der Waals surface area (Å²) in [6, 6.07) is 6.51. The van der Waals surface area contributed by atoms with E-state index in [1.165, 1.54) is 6.33 Å². The van der Waals surface area contributed by atoms with Crippen LogP contribution in [0.25, 0.3) is 0 Å². The van der Waals surface area contributed by atoms with Crippen LogP contribution in [0.5, 0.6) is 0 Å². The number of nitrogens with zero attached hydrogens (tertiary/aromatic N) is 4. The molecule has 0 spiro atoms. The molecule has 1 saturated heterocycles. The Balaban J connectivity index is 1.68. The molecule has 0 amide bonds. The molecule has 2 N–H and O–H groups in total. The fourth-order valence-electron chi connectivity index (χ4n) is 3.18. The van der Waals surface area contributed by atoms with E-state index in [1.54, 1.807) is 31.2 Å². The van der Waals surface area contributed by atoms with E-state index in [0.29, 0.717) is 17.8 Å². The highest BCUT2D eigenvalue weighted by molar-refractivity contribution is 5.91. The maximum atomic E-state index is 11.9. The van der Waals surface area contributed by atoms with E-state index in [2.05, 4.69) is 25.5 Å². The van der Waals surface area contributed by atoms with E-state index in [9.17, 15) is 14.9 Å². The number of carbonyl (C=O) groups excluding carboxylic acids is 1. The summed E-state index contributed by atoms with van der Waals surface area (Å²) in [5, 5.41) is 17.7. The average molecular weight is 430 g/mol. The number of esters is 1. The number of carbonyl (C=O) groups is 1. The summed E-state index contributed by atoms with van der Waals surface area (Å²) in [6.45, 7) is 6.65. The third kappa shape index (κ3) is 6.33. The molecule has 3 rings (SSSR count). The molecule has 1 aliphatic heterocycles. The Morgan fingerprint density at radius 2 is 2.06 bits per heavy atom. The van der Waals surface area contributed by atoms with Gasteiger partial charge in [-0.15, -0.1) is 0 Å². The van der Waals surface area contributed by atoms with E-state index in [0.717, 1.165) is 39.3 Å². The number of hydrogen-bond donors (Lipinski definition) is 2. The molecular formula is C20H26N6O5. The lowest BCUT2D eigenvalue weighted by Gasteiger charge is -2.26. The van der Waals surface area contributed by atoms with Gasteiger partial charge in [-0.3, -0.25) is 15.0 Å². The van der Waals surface area contributed by atoms with Gasteiger partial charge >= 0.3 is 11.7 Å². The molecule has 0 radical (unpaired) electrons. The summed E-state index contributed by atoms with van der Waals surface area (Å²) in [6.07, 6.45) is 2.07. The zero-order chi connectivity index (χ0) is 22.1. The second kappa shape index (κ2) is 11.2. The summed E-state index contributed by atoms with van der Waals surface area (Å²) >= 11 is 0. The number of morpholine rings is 1. The highest BCUT2D eigenvalue weighted by Gasteiger charge is 2.23. The molecule has 31 heavy (non-hydrogen) atoms. The SMILES string of the molecule is CCOC(=O)c1cccc(Nc2ncnc(NCCCN3CCOCC3)c2[N+](=O)[O-])c1. The van der Waals surface area contributed by atoms with Gasteiger partial charge in [0.05, 0.1) is 30.3 Å². The summed E-state index contributed by atoms with van der Waals surface area (Å²) in [5.74, 6) is -0.284. The zero-order valence-electron chi connectivity index (χ0n) is 17.4. The Hall–Kier alpha value is -3.31. The first-order valence-corrected chi connectivity index (χ1v) is 10.2. The molecule has 1 aromatic heterocycles. The predicted molar refractivity (Wildman–Crippen MR) is 115 cm³/mol. The largest absolute Gasteiger partial charge is 0.462 e. The van der Waals surface area contributed by atoms with Gasteiger partial charge in [0, 0.05) is 25.3 Å². The third-order valence-corrected chi connectivity index (χ3v) is 4.69. The van der Waals surface area contributed by atoms with E-state index >= 15 is 0 Å². The monoisotopic (exact) mass is 430 g/mol. The Kier molecular flexibility index (Phi) is 8.07. The number of benzene rings is 1. The van der Waals surface area contributed by atoms with Crippen molar-refractivity contribution in [1.82, 2.24) is 14.9 Å². The van der Waals surface area contributed by atoms with E-state index < -0.39 is 10.9 Å². The topological polar surface area (TPSA) is 132 Å². The van der Waals surface area contributed by atoms with Crippen LogP contribution in [-0.2, 0) is 9.47 Å². The number of anilines is 3. The second-order valence-corrected chi connectivity index (χ2v) is 6.84. The molecule has 0 unspecified atom stereocenters. The standard InChI is InChI=1S/C20H26N6O5/c1-2-31-20(27)15-5-3-6-16(13-15)24-19-17(26(28)29)18(22-14-23-19)21-7-4-8-25-9-11-30-12-10-25/h3,5-6,13-14H,2,4,7-12H2,1H3,(H2,21,22,23,24). The van der Waals surface area contributed by atoms with E-state index in [-0.39, 0.29) is 23.9 Å². The molecule has 166 valence electrons. The van der Waals surface area contributed by atoms with Crippen molar-refractivity contribution < 1.29 is 19.2 Å². The Labute approximate surface area is 179 Å². The van der Waals surface area contributed by atoms with Crippen LogP contribution < -0.4 is 10.6 Å². The highest BCUT2D eigenvalue weighted by Crippen LogP contribution is 2.31. The van der Waals surface area contributed by atoms with E-state index in [1.807, 2.05) is 0 Å². The predicted octanol–water partition coefficient (Wildman–Crippen LogP) is 2.44. The fourth-order valence-corrected chi connectivity index (χ4v) is 3.18. The molecule has 0 aliphatic carbocycles. The molecule has 2 aromatic rings. The Morgan fingerprint density at radius 3 is 2.81 bits per heavy atom. The van der Waals surface area contributed by atoms with Gasteiger partial charge in [-0.2, -0.15) is 0 Å². The van der Waals surface area contributed by atoms with Gasteiger partial charge in [-0.25, -0.2) is 14.8 Å². The van der Waals surface area contributed by atoms with Gasteiger partial charge in [-0.1, -0.05) is 6.07 Å². The molecule has 1 aromatic carbocycles. The highest BCUT2D eigenvalue weighted by atomic mass is 16.6. The maximum Gasteiger partial charge on any atom is 0.353 e. The zero-order valence-corrected chi connectivity index (χ0v) is 17.4. The van der Waals surface area contributed by atoms with Gasteiger partial charge in [0.2, 0.25) is 11.6 Å². The number of nitro groups is 1. The van der Waals surface area contributed by atoms with Crippen molar-refractivity contribution in [2.24, 2.45) is 0 Å². The lowest BCUT2D eigenvalue weighted by Crippen LogP contribution is -2.37. The molecule has 1 aliphatic rings. The lowest BCUT2D eigenvalue weighted by molar-refractivity contribution is -0.383. The third-order valence-electron chi connectivity index (χ3n) is 4.69. The van der Waals surface area contributed by atoms with Crippen molar-refractivity contribution in [2.45, 2.75) is 13.3 Å². The van der Waals surface area contributed by atoms with Gasteiger partial charge in [0.1, 0.15) is 6.33 Å². The number of ether oxygens (including phenoxy) is 2. The number of rotatable bonds is 10. The molecule has 0 saturated carbocycles. The van der Waals surface area contributed by atoms with Crippen molar-refractivity contribution in [2.75, 3.05) is 56.6 Å². The van der Waals surface area contributed by atoms with Crippen LogP contribution in [0.3, 0.4) is 0 Å². The Morgan fingerprint density at radius 1 is 1.29 bits per heavy atom. The van der Waals surface area contributed by atoms with Crippen molar-refractivity contribution in [3.63, 3.8) is 0 Å². The first-order chi connectivity index (χ1) is 15.1. The van der Waals surface area contributed by atoms with Crippen molar-refractivity contribution in [3.8, 4) is 0 Å². The lowest BCUT2D eigenvalue weighted by atomic mass is 10.2. The number of nitrogens with one attached hydrogen (secondary N) is 2.